The largest absolute Gasteiger partial charge is 0.481 e. The summed E-state index contributed by atoms with van der Waals surface area (Å²) in [6.45, 7) is 15.3. The van der Waals surface area contributed by atoms with E-state index in [4.69, 9.17) is 9.47 Å². The summed E-state index contributed by atoms with van der Waals surface area (Å²) in [6, 6.07) is 0. The van der Waals surface area contributed by atoms with Gasteiger partial charge in [0.25, 0.3) is 0 Å². The number of aliphatic carboxylic acids is 1. The van der Waals surface area contributed by atoms with E-state index in [1.165, 1.54) is 5.57 Å². The van der Waals surface area contributed by atoms with Crippen LogP contribution in [0, 0.1) is 50.2 Å². The van der Waals surface area contributed by atoms with Gasteiger partial charge in [-0.1, -0.05) is 52.3 Å². The summed E-state index contributed by atoms with van der Waals surface area (Å²) in [4.78, 5) is 25.6. The Bertz CT molecular complexity index is 1240. The number of carbonyl (C=O) groups excluding carboxylic acids is 1. The zero-order chi connectivity index (χ0) is 30.7. The maximum absolute atomic E-state index is 13.0. The Kier molecular flexibility index (Phi) is 6.62. The van der Waals surface area contributed by atoms with Gasteiger partial charge in [-0.2, -0.15) is 0 Å². The van der Waals surface area contributed by atoms with Crippen molar-refractivity contribution in [3.05, 3.63) is 23.3 Å². The van der Waals surface area contributed by atoms with Crippen molar-refractivity contribution in [3.63, 3.8) is 0 Å². The van der Waals surface area contributed by atoms with Crippen LogP contribution in [0.15, 0.2) is 23.3 Å². The number of hydrogen-bond donors (Lipinski definition) is 3. The number of aliphatic hydroxyl groups is 2. The van der Waals surface area contributed by atoms with Gasteiger partial charge in [0.05, 0.1) is 23.5 Å². The second-order valence-corrected chi connectivity index (χ2v) is 16.5. The molecule has 2 heterocycles. The molecule has 6 fully saturated rings. The number of rotatable bonds is 4. The SMILES string of the molecule is CC=C(C)C(=O)OCC1(C)C2CC[C@]3(C)[C@H](CC=C4[C@H]5CC(C)(C)[C@H](O)C[C@]5(C(=O)O)CC[C@]43C)[C@@]23CC[C@]1(O)OC3. The third kappa shape index (κ3) is 3.56. The molecule has 7 rings (SSSR count). The van der Waals surface area contributed by atoms with Crippen LogP contribution in [0.2, 0.25) is 0 Å². The Morgan fingerprint density at radius 1 is 1.05 bits per heavy atom. The van der Waals surface area contributed by atoms with E-state index in [1.807, 2.05) is 6.92 Å². The summed E-state index contributed by atoms with van der Waals surface area (Å²) in [5.41, 5.74) is -0.468. The monoisotopic (exact) mass is 584 g/mol. The molecular formula is C35H52O7. The summed E-state index contributed by atoms with van der Waals surface area (Å²) in [7, 11) is 0. The Balaban J connectivity index is 1.39. The Hall–Kier alpha value is -1.70. The first-order chi connectivity index (χ1) is 19.5. The van der Waals surface area contributed by atoms with E-state index in [0.29, 0.717) is 43.8 Å². The van der Waals surface area contributed by atoms with Crippen LogP contribution in [0.4, 0.5) is 0 Å². The number of allylic oxidation sites excluding steroid dienone is 3. The number of carboxylic acids is 1. The average molecular weight is 585 g/mol. The fourth-order valence-corrected chi connectivity index (χ4v) is 11.5. The number of fused-ring (bicyclic) bond motifs is 7. The number of carboxylic acid groups (broad SMARTS) is 1. The molecule has 4 saturated carbocycles. The first-order valence-electron chi connectivity index (χ1n) is 16.2. The second-order valence-electron chi connectivity index (χ2n) is 16.5. The molecule has 1 spiro atoms. The Morgan fingerprint density at radius 2 is 1.76 bits per heavy atom. The molecule has 2 saturated heterocycles. The molecule has 5 aliphatic carbocycles. The summed E-state index contributed by atoms with van der Waals surface area (Å²) in [5.74, 6) is -2.05. The van der Waals surface area contributed by atoms with Gasteiger partial charge in [-0.15, -0.1) is 0 Å². The molecule has 0 amide bonds. The van der Waals surface area contributed by atoms with Crippen molar-refractivity contribution in [3.8, 4) is 0 Å². The lowest BCUT2D eigenvalue weighted by atomic mass is 9.32. The molecule has 2 aliphatic heterocycles. The molecule has 7 nitrogen and oxygen atoms in total. The topological polar surface area (TPSA) is 113 Å². The first-order valence-corrected chi connectivity index (χ1v) is 16.2. The minimum absolute atomic E-state index is 0.0618. The highest BCUT2D eigenvalue weighted by atomic mass is 16.6. The van der Waals surface area contributed by atoms with Crippen LogP contribution in [-0.2, 0) is 19.1 Å². The van der Waals surface area contributed by atoms with E-state index in [-0.39, 0.29) is 46.1 Å². The van der Waals surface area contributed by atoms with Crippen LogP contribution < -0.4 is 0 Å². The van der Waals surface area contributed by atoms with Crippen molar-refractivity contribution in [2.45, 2.75) is 118 Å². The molecule has 0 radical (unpaired) electrons. The van der Waals surface area contributed by atoms with E-state index >= 15 is 0 Å². The van der Waals surface area contributed by atoms with Crippen LogP contribution in [-0.4, -0.2) is 52.4 Å². The molecule has 2 bridgehead atoms. The lowest BCUT2D eigenvalue weighted by Crippen LogP contribution is -2.74. The summed E-state index contributed by atoms with van der Waals surface area (Å²) >= 11 is 0. The Morgan fingerprint density at radius 3 is 2.38 bits per heavy atom. The van der Waals surface area contributed by atoms with Crippen molar-refractivity contribution in [2.24, 2.45) is 50.2 Å². The highest BCUT2D eigenvalue weighted by Crippen LogP contribution is 2.78. The summed E-state index contributed by atoms with van der Waals surface area (Å²) < 4.78 is 12.3. The predicted octanol–water partition coefficient (Wildman–Crippen LogP) is 6.03. The van der Waals surface area contributed by atoms with Crippen molar-refractivity contribution in [1.82, 2.24) is 0 Å². The number of carbonyl (C=O) groups is 2. The molecule has 2 unspecified atom stereocenters. The molecule has 10 atom stereocenters. The maximum atomic E-state index is 13.0. The number of ether oxygens (including phenoxy) is 2. The number of esters is 1. The van der Waals surface area contributed by atoms with Crippen LogP contribution in [0.1, 0.15) is 106 Å². The van der Waals surface area contributed by atoms with E-state index in [2.05, 4.69) is 40.7 Å². The highest BCUT2D eigenvalue weighted by molar-refractivity contribution is 5.87. The van der Waals surface area contributed by atoms with Crippen LogP contribution in [0.25, 0.3) is 0 Å². The van der Waals surface area contributed by atoms with Crippen LogP contribution in [0.5, 0.6) is 0 Å². The van der Waals surface area contributed by atoms with E-state index in [1.54, 1.807) is 13.0 Å². The van der Waals surface area contributed by atoms with Crippen molar-refractivity contribution < 1.29 is 34.4 Å². The molecule has 7 heteroatoms. The van der Waals surface area contributed by atoms with E-state index in [0.717, 1.165) is 32.1 Å². The lowest BCUT2D eigenvalue weighted by molar-refractivity contribution is -0.404. The minimum Gasteiger partial charge on any atom is -0.481 e. The molecule has 0 aromatic rings. The van der Waals surface area contributed by atoms with Crippen molar-refractivity contribution >= 4 is 11.9 Å². The van der Waals surface area contributed by atoms with Gasteiger partial charge in [0.2, 0.25) is 0 Å². The van der Waals surface area contributed by atoms with Crippen LogP contribution in [0.3, 0.4) is 0 Å². The lowest BCUT2D eigenvalue weighted by Gasteiger charge is -2.74. The highest BCUT2D eigenvalue weighted by Gasteiger charge is 2.75. The smallest absolute Gasteiger partial charge is 0.333 e. The second kappa shape index (κ2) is 9.17. The maximum Gasteiger partial charge on any atom is 0.333 e. The number of hydrogen-bond acceptors (Lipinski definition) is 6. The summed E-state index contributed by atoms with van der Waals surface area (Å²) in [6.07, 6.45) is 10.1. The van der Waals surface area contributed by atoms with Gasteiger partial charge in [0.15, 0.2) is 5.79 Å². The van der Waals surface area contributed by atoms with Gasteiger partial charge in [0.1, 0.15) is 6.61 Å². The van der Waals surface area contributed by atoms with Crippen molar-refractivity contribution in [1.29, 1.82) is 0 Å². The number of aliphatic hydroxyl groups excluding tert-OH is 1. The minimum atomic E-state index is -1.32. The van der Waals surface area contributed by atoms with Crippen molar-refractivity contribution in [2.75, 3.05) is 13.2 Å². The fraction of sp³-hybridized carbons (Fsp3) is 0.829. The quantitative estimate of drug-likeness (QED) is 0.210. The molecular weight excluding hydrogens is 532 g/mol. The van der Waals surface area contributed by atoms with Crippen LogP contribution >= 0.6 is 0 Å². The predicted molar refractivity (Wildman–Crippen MR) is 158 cm³/mol. The molecule has 234 valence electrons. The molecule has 3 N–H and O–H groups in total. The molecule has 7 aliphatic rings. The zero-order valence-corrected chi connectivity index (χ0v) is 26.7. The molecule has 42 heavy (non-hydrogen) atoms. The first kappa shape index (κ1) is 30.3. The van der Waals surface area contributed by atoms with Gasteiger partial charge in [-0.05, 0) is 99.2 Å². The zero-order valence-electron chi connectivity index (χ0n) is 26.7. The fourth-order valence-electron chi connectivity index (χ4n) is 11.5. The normalized spacial score (nSPS) is 50.9. The molecule has 0 aromatic heterocycles. The summed E-state index contributed by atoms with van der Waals surface area (Å²) in [5, 5.41) is 33.5. The standard InChI is InChI=1S/C35H52O7/c1-8-21(2)27(37)41-19-32(7)25-11-12-31(6)24(34(25)15-16-35(32,40)42-20-34)10-9-22-23-17-29(3,4)26(36)18-33(23,28(38)39)14-13-30(22,31)5/h8-9,23-26,36,40H,10-20H2,1-7H3,(H,38,39)/t23-,24+,25?,26-,30-,31-,32?,33-,34+,35+/m1/s1. The van der Waals surface area contributed by atoms with E-state index < -0.39 is 28.7 Å². The van der Waals surface area contributed by atoms with Gasteiger partial charge in [-0.25, -0.2) is 4.79 Å². The Labute approximate surface area is 251 Å². The van der Waals surface area contributed by atoms with Gasteiger partial charge < -0.3 is 24.8 Å². The average Bonchev–Trinajstić information content (AvgIpc) is 2.93. The third-order valence-corrected chi connectivity index (χ3v) is 14.7. The van der Waals surface area contributed by atoms with Gasteiger partial charge >= 0.3 is 11.9 Å². The van der Waals surface area contributed by atoms with E-state index in [9.17, 15) is 24.9 Å². The third-order valence-electron chi connectivity index (χ3n) is 14.7. The van der Waals surface area contributed by atoms with Gasteiger partial charge in [-0.3, -0.25) is 4.79 Å². The van der Waals surface area contributed by atoms with Gasteiger partial charge in [0, 0.05) is 17.4 Å². The molecule has 0 aromatic carbocycles.